The first kappa shape index (κ1) is 21.5. The number of para-hydroxylation sites is 1. The average molecular weight is 437 g/mol. The molecule has 3 rings (SSSR count). The summed E-state index contributed by atoms with van der Waals surface area (Å²) in [6.07, 6.45) is 7.12. The molecule has 0 heterocycles. The first-order valence-electron chi connectivity index (χ1n) is 9.40. The van der Waals surface area contributed by atoms with Crippen molar-refractivity contribution in [3.8, 4) is 0 Å². The van der Waals surface area contributed by atoms with E-state index in [9.17, 15) is 17.6 Å². The van der Waals surface area contributed by atoms with Gasteiger partial charge >= 0.3 is 0 Å². The van der Waals surface area contributed by atoms with Crippen LogP contribution < -0.4 is 10.0 Å². The van der Waals surface area contributed by atoms with Crippen molar-refractivity contribution in [2.75, 3.05) is 11.9 Å². The molecule has 0 saturated heterocycles. The number of carbonyl (C=O) groups excluding carboxylic acids is 1. The maximum absolute atomic E-state index is 14.2. The standard InChI is InChI=1S/C21H22ClFN2O3S/c22-18-8-4-5-9-20(18)25-21(26)17-14-16(10-11-19(17)23)29(27,28)24-13-12-15-6-2-1-3-7-15/h4-6,8-11,14,24H,1-3,7,12-13H2,(H,25,26). The third kappa shape index (κ3) is 5.65. The molecular weight excluding hydrogens is 415 g/mol. The monoisotopic (exact) mass is 436 g/mol. The molecule has 0 unspecified atom stereocenters. The predicted molar refractivity (Wildman–Crippen MR) is 112 cm³/mol. The number of halogens is 2. The van der Waals surface area contributed by atoms with Crippen LogP contribution in [0, 0.1) is 5.82 Å². The van der Waals surface area contributed by atoms with Gasteiger partial charge in [0.15, 0.2) is 0 Å². The van der Waals surface area contributed by atoms with Crippen LogP contribution in [0.25, 0.3) is 0 Å². The molecule has 1 aliphatic carbocycles. The smallest absolute Gasteiger partial charge is 0.258 e. The van der Waals surface area contributed by atoms with Crippen molar-refractivity contribution >= 4 is 33.2 Å². The van der Waals surface area contributed by atoms with Crippen LogP contribution in [0.5, 0.6) is 0 Å². The first-order chi connectivity index (χ1) is 13.9. The number of sulfonamides is 1. The van der Waals surface area contributed by atoms with E-state index in [0.29, 0.717) is 17.1 Å². The van der Waals surface area contributed by atoms with Crippen LogP contribution in [0.2, 0.25) is 5.02 Å². The van der Waals surface area contributed by atoms with Crippen LogP contribution >= 0.6 is 11.6 Å². The van der Waals surface area contributed by atoms with Crippen molar-refractivity contribution in [3.05, 3.63) is 70.5 Å². The van der Waals surface area contributed by atoms with Crippen molar-refractivity contribution in [2.24, 2.45) is 0 Å². The molecule has 1 amide bonds. The van der Waals surface area contributed by atoms with Crippen LogP contribution in [0.3, 0.4) is 0 Å². The largest absolute Gasteiger partial charge is 0.321 e. The first-order valence-corrected chi connectivity index (χ1v) is 11.3. The highest BCUT2D eigenvalue weighted by atomic mass is 35.5. The lowest BCUT2D eigenvalue weighted by atomic mass is 9.97. The lowest BCUT2D eigenvalue weighted by molar-refractivity contribution is 0.102. The van der Waals surface area contributed by atoms with Gasteiger partial charge in [0.2, 0.25) is 10.0 Å². The number of hydrogen-bond donors (Lipinski definition) is 2. The van der Waals surface area contributed by atoms with Gasteiger partial charge in [-0.15, -0.1) is 0 Å². The van der Waals surface area contributed by atoms with E-state index in [1.165, 1.54) is 12.0 Å². The number of amides is 1. The molecule has 8 heteroatoms. The van der Waals surface area contributed by atoms with Crippen LogP contribution in [0.4, 0.5) is 10.1 Å². The molecule has 29 heavy (non-hydrogen) atoms. The predicted octanol–water partition coefficient (Wildman–Crippen LogP) is 4.90. The topological polar surface area (TPSA) is 75.3 Å². The Bertz CT molecular complexity index is 1040. The van der Waals surface area contributed by atoms with Gasteiger partial charge in [-0.25, -0.2) is 17.5 Å². The molecule has 2 aromatic carbocycles. The minimum absolute atomic E-state index is 0.166. The quantitative estimate of drug-likeness (QED) is 0.606. The van der Waals surface area contributed by atoms with E-state index in [1.807, 2.05) is 0 Å². The molecule has 2 N–H and O–H groups in total. The Morgan fingerprint density at radius 2 is 1.93 bits per heavy atom. The molecular formula is C21H22ClFN2O3S. The summed E-state index contributed by atoms with van der Waals surface area (Å²) >= 11 is 6.00. The van der Waals surface area contributed by atoms with E-state index in [-0.39, 0.29) is 17.0 Å². The Balaban J connectivity index is 1.72. The maximum atomic E-state index is 14.2. The number of allylic oxidation sites excluding steroid dienone is 1. The van der Waals surface area contributed by atoms with Crippen LogP contribution in [-0.4, -0.2) is 20.9 Å². The highest BCUT2D eigenvalue weighted by Gasteiger charge is 2.20. The van der Waals surface area contributed by atoms with E-state index in [2.05, 4.69) is 16.1 Å². The molecule has 1 aliphatic rings. The van der Waals surface area contributed by atoms with Crippen LogP contribution in [0.15, 0.2) is 59.0 Å². The lowest BCUT2D eigenvalue weighted by Crippen LogP contribution is -2.26. The normalized spacial score (nSPS) is 14.3. The van der Waals surface area contributed by atoms with Gasteiger partial charge in [0, 0.05) is 6.54 Å². The summed E-state index contributed by atoms with van der Waals surface area (Å²) in [5.74, 6) is -1.60. The third-order valence-corrected chi connectivity index (χ3v) is 6.53. The summed E-state index contributed by atoms with van der Waals surface area (Å²) in [5, 5.41) is 2.79. The van der Waals surface area contributed by atoms with Crippen LogP contribution in [0.1, 0.15) is 42.5 Å². The molecule has 0 atom stereocenters. The van der Waals surface area contributed by atoms with E-state index >= 15 is 0 Å². The molecule has 0 aromatic heterocycles. The van der Waals surface area contributed by atoms with Crippen molar-refractivity contribution in [1.82, 2.24) is 4.72 Å². The zero-order valence-electron chi connectivity index (χ0n) is 15.8. The summed E-state index contributed by atoms with van der Waals surface area (Å²) in [4.78, 5) is 12.3. The fourth-order valence-corrected chi connectivity index (χ4v) is 4.40. The summed E-state index contributed by atoms with van der Waals surface area (Å²) in [6.45, 7) is 0.257. The molecule has 0 radical (unpaired) electrons. The third-order valence-electron chi connectivity index (χ3n) is 4.74. The molecule has 5 nitrogen and oxygen atoms in total. The average Bonchev–Trinajstić information content (AvgIpc) is 2.70. The van der Waals surface area contributed by atoms with Gasteiger partial charge in [-0.3, -0.25) is 4.79 Å². The number of nitrogens with one attached hydrogen (secondary N) is 2. The highest BCUT2D eigenvalue weighted by molar-refractivity contribution is 7.89. The van der Waals surface area contributed by atoms with Gasteiger partial charge in [0.05, 0.1) is 21.2 Å². The van der Waals surface area contributed by atoms with Crippen molar-refractivity contribution in [1.29, 1.82) is 0 Å². The van der Waals surface area contributed by atoms with Crippen LogP contribution in [-0.2, 0) is 10.0 Å². The number of rotatable bonds is 7. The van der Waals surface area contributed by atoms with Crippen molar-refractivity contribution in [2.45, 2.75) is 37.0 Å². The molecule has 0 saturated carbocycles. The lowest BCUT2D eigenvalue weighted by Gasteiger charge is -2.13. The second kappa shape index (κ2) is 9.52. The Labute approximate surface area is 175 Å². The van der Waals surface area contributed by atoms with Gasteiger partial charge in [0.1, 0.15) is 5.82 Å². The minimum Gasteiger partial charge on any atom is -0.321 e. The number of anilines is 1. The van der Waals surface area contributed by atoms with Crippen molar-refractivity contribution in [3.63, 3.8) is 0 Å². The summed E-state index contributed by atoms with van der Waals surface area (Å²) in [5.41, 5.74) is 1.19. The SMILES string of the molecule is O=C(Nc1ccccc1Cl)c1cc(S(=O)(=O)NCCC2=CCCCC2)ccc1F. The van der Waals surface area contributed by atoms with Gasteiger partial charge in [0.25, 0.3) is 5.91 Å². The van der Waals surface area contributed by atoms with E-state index in [4.69, 9.17) is 11.6 Å². The Kier molecular flexibility index (Phi) is 7.05. The van der Waals surface area contributed by atoms with Gasteiger partial charge in [-0.1, -0.05) is 35.4 Å². The van der Waals surface area contributed by atoms with E-state index in [1.54, 1.807) is 24.3 Å². The summed E-state index contributed by atoms with van der Waals surface area (Å²) in [6, 6.07) is 9.67. The van der Waals surface area contributed by atoms with Gasteiger partial charge in [-0.05, 0) is 62.4 Å². The summed E-state index contributed by atoms with van der Waals surface area (Å²) in [7, 11) is -3.86. The second-order valence-electron chi connectivity index (χ2n) is 6.83. The maximum Gasteiger partial charge on any atom is 0.258 e. The Morgan fingerprint density at radius 1 is 1.14 bits per heavy atom. The van der Waals surface area contributed by atoms with E-state index < -0.39 is 21.7 Å². The molecule has 2 aromatic rings. The minimum atomic E-state index is -3.86. The highest BCUT2D eigenvalue weighted by Crippen LogP contribution is 2.23. The molecule has 0 bridgehead atoms. The molecule has 154 valence electrons. The Hall–Kier alpha value is -2.22. The fraction of sp³-hybridized carbons (Fsp3) is 0.286. The van der Waals surface area contributed by atoms with E-state index in [0.717, 1.165) is 37.5 Å². The second-order valence-corrected chi connectivity index (χ2v) is 9.01. The van der Waals surface area contributed by atoms with Gasteiger partial charge < -0.3 is 5.32 Å². The Morgan fingerprint density at radius 3 is 2.66 bits per heavy atom. The zero-order chi connectivity index (χ0) is 20.9. The fourth-order valence-electron chi connectivity index (χ4n) is 3.16. The zero-order valence-corrected chi connectivity index (χ0v) is 17.3. The number of hydrogen-bond acceptors (Lipinski definition) is 3. The summed E-state index contributed by atoms with van der Waals surface area (Å²) < 4.78 is 41.8. The molecule has 0 fully saturated rings. The molecule has 0 aliphatic heterocycles. The van der Waals surface area contributed by atoms with Crippen molar-refractivity contribution < 1.29 is 17.6 Å². The number of carbonyl (C=O) groups is 1. The molecule has 0 spiro atoms. The van der Waals surface area contributed by atoms with Gasteiger partial charge in [-0.2, -0.15) is 0 Å². The number of benzene rings is 2.